The van der Waals surface area contributed by atoms with Crippen molar-refractivity contribution >= 4 is 94.4 Å². The standard InChI is InChI=1S/C67H96N12O16S2/c1-12-15-46-57(87)69-36(4)56(86)72-47(29-40-19-23-44(83)24-20-40)59(89)78-67(11,35(2)3)65(95)76-53(38(6)81)62(92)74-49(55(68)85)33-96-31-42-16-13-17-43(28-42)32-97-34-50(70-39(7)82)58(88)77-54(66(8,9)10)63(93)73-48(30-41-21-25-45(84)26-22-41)64(94)79-27-14-18-51(79)60(90)75-52(37(5)80)61(91)71-46/h13,16-17,19-26,28,35-38,46-54,80-81,83-84H,12,14-15,18,27,29-34H2,1-11H3,(H2,68,85)(H,69,87)(H,70,82)(H,71,91)(H,72,86)(H,73,93)(H,74,92)(H,75,90)(H,76,95)(H,77,88)(H,78,89)/t36-,37+,38+,46-,47-,48-,49-,50-,51-,52-,53-,54+,67-/m0/s1. The molecule has 532 valence electrons. The summed E-state index contributed by atoms with van der Waals surface area (Å²) in [7, 11) is 0. The molecule has 2 aliphatic rings. The normalized spacial score (nSPS) is 26.6. The van der Waals surface area contributed by atoms with E-state index in [1.807, 2.05) is 18.2 Å². The average molecular weight is 1390 g/mol. The lowest BCUT2D eigenvalue weighted by Gasteiger charge is -2.36. The summed E-state index contributed by atoms with van der Waals surface area (Å²) in [4.78, 5) is 171. The molecule has 13 atom stereocenters. The summed E-state index contributed by atoms with van der Waals surface area (Å²) in [5.74, 6) is -10.4. The van der Waals surface area contributed by atoms with Gasteiger partial charge < -0.3 is 84.2 Å². The van der Waals surface area contributed by atoms with Gasteiger partial charge in [-0.3, -0.25) is 57.5 Å². The van der Waals surface area contributed by atoms with E-state index in [9.17, 15) is 78.0 Å². The Morgan fingerprint density at radius 2 is 1.18 bits per heavy atom. The predicted octanol–water partition coefficient (Wildman–Crippen LogP) is 0.0812. The minimum absolute atomic E-state index is 0.0145. The zero-order valence-corrected chi connectivity index (χ0v) is 58.4. The zero-order valence-electron chi connectivity index (χ0n) is 56.7. The fraction of sp³-hybridized carbons (Fsp3) is 0.552. The molecule has 3 aromatic rings. The van der Waals surface area contributed by atoms with Gasteiger partial charge in [0.2, 0.25) is 70.9 Å². The van der Waals surface area contributed by atoms with Crippen LogP contribution in [0.15, 0.2) is 72.8 Å². The number of benzene rings is 3. The van der Waals surface area contributed by atoms with Crippen LogP contribution in [0.5, 0.6) is 11.5 Å². The van der Waals surface area contributed by atoms with Crippen LogP contribution in [-0.4, -0.2) is 192 Å². The molecule has 1 fully saturated rings. The zero-order chi connectivity index (χ0) is 72.2. The molecule has 28 nitrogen and oxygen atoms in total. The van der Waals surface area contributed by atoms with E-state index in [2.05, 4.69) is 53.2 Å². The largest absolute Gasteiger partial charge is 0.508 e. The van der Waals surface area contributed by atoms with Crippen molar-refractivity contribution in [3.05, 3.63) is 95.1 Å². The molecule has 30 heteroatoms. The molecule has 2 bridgehead atoms. The summed E-state index contributed by atoms with van der Waals surface area (Å²) in [6.07, 6.45) is -2.86. The molecule has 0 aromatic heterocycles. The van der Waals surface area contributed by atoms with Crippen LogP contribution < -0.4 is 58.9 Å². The van der Waals surface area contributed by atoms with Gasteiger partial charge in [-0.25, -0.2) is 0 Å². The summed E-state index contributed by atoms with van der Waals surface area (Å²) in [6.45, 7) is 16.4. The number of aliphatic hydroxyl groups is 2. The summed E-state index contributed by atoms with van der Waals surface area (Å²) in [5.41, 5.74) is 5.44. The fourth-order valence-electron chi connectivity index (χ4n) is 10.8. The van der Waals surface area contributed by atoms with Gasteiger partial charge in [0.05, 0.1) is 12.2 Å². The van der Waals surface area contributed by atoms with Crippen molar-refractivity contribution in [3.63, 3.8) is 0 Å². The quantitative estimate of drug-likeness (QED) is 0.121. The maximum Gasteiger partial charge on any atom is 0.246 e. The van der Waals surface area contributed by atoms with E-state index in [0.29, 0.717) is 35.5 Å². The predicted molar refractivity (Wildman–Crippen MR) is 364 cm³/mol. The molecule has 12 amide bonds. The number of nitrogens with zero attached hydrogens (tertiary/aromatic N) is 1. The van der Waals surface area contributed by atoms with Crippen LogP contribution in [0.4, 0.5) is 0 Å². The molecular formula is C67H96N12O16S2. The van der Waals surface area contributed by atoms with Crippen molar-refractivity contribution < 1.29 is 78.0 Å². The summed E-state index contributed by atoms with van der Waals surface area (Å²) in [6, 6.07) is 4.81. The Hall–Kier alpha value is -8.48. The Bertz CT molecular complexity index is 3300. The van der Waals surface area contributed by atoms with Crippen LogP contribution in [0, 0.1) is 11.3 Å². The van der Waals surface area contributed by atoms with Gasteiger partial charge in [-0.05, 0) is 105 Å². The number of hydrogen-bond acceptors (Lipinski definition) is 18. The number of amides is 12. The highest BCUT2D eigenvalue weighted by atomic mass is 32.2. The molecule has 0 saturated carbocycles. The third-order valence-electron chi connectivity index (χ3n) is 16.8. The second-order valence-electron chi connectivity index (χ2n) is 26.3. The summed E-state index contributed by atoms with van der Waals surface area (Å²) < 4.78 is 0. The fourth-order valence-corrected chi connectivity index (χ4v) is 12.8. The van der Waals surface area contributed by atoms with E-state index in [-0.39, 0.29) is 55.2 Å². The molecule has 0 radical (unpaired) electrons. The van der Waals surface area contributed by atoms with Gasteiger partial charge in [0.1, 0.15) is 77.5 Å². The van der Waals surface area contributed by atoms with Crippen molar-refractivity contribution in [2.24, 2.45) is 17.1 Å². The number of carbonyl (C=O) groups excluding carboxylic acids is 12. The topological polar surface area (TPSA) is 435 Å². The molecular weight excluding hydrogens is 1290 g/mol. The first-order valence-corrected chi connectivity index (χ1v) is 34.6. The van der Waals surface area contributed by atoms with Gasteiger partial charge in [0.15, 0.2) is 0 Å². The number of aromatic hydroxyl groups is 2. The van der Waals surface area contributed by atoms with Crippen LogP contribution in [-0.2, 0) is 81.9 Å². The molecule has 0 unspecified atom stereocenters. The highest BCUT2D eigenvalue weighted by Gasteiger charge is 2.45. The lowest BCUT2D eigenvalue weighted by Crippen LogP contribution is -2.67. The molecule has 16 N–H and O–H groups in total. The highest BCUT2D eigenvalue weighted by molar-refractivity contribution is 7.98. The number of primary amides is 1. The van der Waals surface area contributed by atoms with Crippen LogP contribution in [0.25, 0.3) is 0 Å². The van der Waals surface area contributed by atoms with Crippen molar-refractivity contribution in [3.8, 4) is 11.5 Å². The first kappa shape index (κ1) is 79.2. The average Bonchev–Trinajstić information content (AvgIpc) is 1.70. The van der Waals surface area contributed by atoms with E-state index in [0.717, 1.165) is 11.1 Å². The van der Waals surface area contributed by atoms with Crippen molar-refractivity contribution in [2.75, 3.05) is 18.1 Å². The monoisotopic (exact) mass is 1390 g/mol. The lowest BCUT2D eigenvalue weighted by molar-refractivity contribution is -0.143. The minimum Gasteiger partial charge on any atom is -0.508 e. The van der Waals surface area contributed by atoms with E-state index >= 15 is 0 Å². The number of carbonyl (C=O) groups is 12. The number of hydrogen-bond donors (Lipinski definition) is 15. The Balaban J connectivity index is 1.52. The van der Waals surface area contributed by atoms with Crippen LogP contribution in [0.3, 0.4) is 0 Å². The number of phenolic OH excluding ortho intramolecular Hbond substituents is 2. The van der Waals surface area contributed by atoms with Gasteiger partial charge in [0, 0.05) is 49.3 Å². The van der Waals surface area contributed by atoms with Crippen molar-refractivity contribution in [1.82, 2.24) is 58.1 Å². The van der Waals surface area contributed by atoms with E-state index in [4.69, 9.17) is 5.73 Å². The maximum absolute atomic E-state index is 14.9. The summed E-state index contributed by atoms with van der Waals surface area (Å²) in [5, 5.41) is 68.5. The third-order valence-corrected chi connectivity index (χ3v) is 19.0. The Morgan fingerprint density at radius 3 is 1.70 bits per heavy atom. The SMILES string of the molecule is CCC[C@@H]1NC(=O)[C@H]([C@@H](C)O)NC(=O)[C@@H]2CCCN2C(=O)[C@H](Cc2ccc(O)cc2)NC(=O)[C@H](C(C)(C)C)NC(=O)[C@@H](NC(C)=O)CSCc2cccc(c2)CSC[C@@H](C(N)=O)NC(=O)[C@H]([C@@H](C)O)NC(=O)[C@](C)(C(C)C)NC(=O)[C@H](Cc2ccc(O)cc2)NC(=O)[C@H](C)NC1=O. The van der Waals surface area contributed by atoms with Crippen molar-refractivity contribution in [1.29, 1.82) is 0 Å². The molecule has 2 heterocycles. The Labute approximate surface area is 573 Å². The number of fused-ring (bicyclic) bond motifs is 3. The van der Waals surface area contributed by atoms with Crippen LogP contribution in [0.1, 0.15) is 124 Å². The first-order valence-electron chi connectivity index (χ1n) is 32.3. The molecule has 0 aliphatic carbocycles. The number of rotatable bonds is 11. The first-order chi connectivity index (χ1) is 45.5. The minimum atomic E-state index is -1.88. The molecule has 5 rings (SSSR count). The van der Waals surface area contributed by atoms with E-state index < -0.39 is 160 Å². The van der Waals surface area contributed by atoms with Gasteiger partial charge in [-0.1, -0.05) is 96.5 Å². The van der Waals surface area contributed by atoms with Gasteiger partial charge in [0.25, 0.3) is 0 Å². The second-order valence-corrected chi connectivity index (χ2v) is 28.3. The maximum atomic E-state index is 14.9. The number of nitrogens with two attached hydrogens (primary N) is 1. The lowest BCUT2D eigenvalue weighted by atomic mass is 9.85. The van der Waals surface area contributed by atoms with Crippen LogP contribution >= 0.6 is 23.5 Å². The molecule has 0 spiro atoms. The Morgan fingerprint density at radius 1 is 0.649 bits per heavy atom. The smallest absolute Gasteiger partial charge is 0.246 e. The van der Waals surface area contributed by atoms with E-state index in [1.54, 1.807) is 59.7 Å². The van der Waals surface area contributed by atoms with Gasteiger partial charge in [-0.2, -0.15) is 23.5 Å². The molecule has 97 heavy (non-hydrogen) atoms. The number of thioether (sulfide) groups is 2. The second kappa shape index (κ2) is 36.2. The van der Waals surface area contributed by atoms with Gasteiger partial charge >= 0.3 is 0 Å². The third kappa shape index (κ3) is 23.4. The molecule has 2 aliphatic heterocycles. The number of aliphatic hydroxyl groups excluding tert-OH is 2. The molecule has 3 aromatic carbocycles. The number of nitrogens with one attached hydrogen (secondary N) is 10. The van der Waals surface area contributed by atoms with Gasteiger partial charge in [-0.15, -0.1) is 0 Å². The highest BCUT2D eigenvalue weighted by Crippen LogP contribution is 2.26. The molecule has 1 saturated heterocycles. The Kier molecular flexibility index (Phi) is 29.6. The summed E-state index contributed by atoms with van der Waals surface area (Å²) >= 11 is 2.55. The van der Waals surface area contributed by atoms with Crippen LogP contribution in [0.2, 0.25) is 0 Å². The van der Waals surface area contributed by atoms with E-state index in [1.165, 1.54) is 99.4 Å². The van der Waals surface area contributed by atoms with Crippen molar-refractivity contribution in [2.45, 2.75) is 204 Å². The number of phenols is 2.